The maximum atomic E-state index is 13.2. The number of aliphatic hydroxyl groups excluding tert-OH is 1. The first-order chi connectivity index (χ1) is 16.9. The summed E-state index contributed by atoms with van der Waals surface area (Å²) in [4.78, 5) is 27.9. The summed E-state index contributed by atoms with van der Waals surface area (Å²) in [6.45, 7) is 2.56. The number of methoxy groups -OCH3 is 1. The van der Waals surface area contributed by atoms with Crippen molar-refractivity contribution in [2.75, 3.05) is 20.3 Å². The van der Waals surface area contributed by atoms with E-state index in [1.807, 2.05) is 37.3 Å². The zero-order valence-electron chi connectivity index (χ0n) is 19.6. The molecule has 3 aromatic rings. The SMILES string of the molecule is CCOc1cccc(/C(O)=C2\C(=O)C(=O)N(CCc3ccccc3)C2c2ccc(O)c(OC)c2)c1. The van der Waals surface area contributed by atoms with Gasteiger partial charge in [-0.15, -0.1) is 0 Å². The average Bonchev–Trinajstić information content (AvgIpc) is 3.13. The maximum Gasteiger partial charge on any atom is 0.295 e. The fourth-order valence-corrected chi connectivity index (χ4v) is 4.27. The molecule has 1 atom stereocenters. The summed E-state index contributed by atoms with van der Waals surface area (Å²) in [5, 5.41) is 21.3. The summed E-state index contributed by atoms with van der Waals surface area (Å²) < 4.78 is 10.8. The molecule has 1 saturated heterocycles. The molecule has 1 fully saturated rings. The van der Waals surface area contributed by atoms with Gasteiger partial charge >= 0.3 is 0 Å². The Morgan fingerprint density at radius 3 is 2.49 bits per heavy atom. The number of amides is 1. The molecule has 1 unspecified atom stereocenters. The van der Waals surface area contributed by atoms with E-state index in [4.69, 9.17) is 9.47 Å². The minimum atomic E-state index is -0.857. The third-order valence-electron chi connectivity index (χ3n) is 5.96. The second kappa shape index (κ2) is 10.3. The van der Waals surface area contributed by atoms with Crippen LogP contribution in [0.3, 0.4) is 0 Å². The molecule has 0 aliphatic carbocycles. The molecule has 7 heteroatoms. The summed E-state index contributed by atoms with van der Waals surface area (Å²) in [5.74, 6) is -1.08. The Morgan fingerprint density at radius 1 is 1.00 bits per heavy atom. The van der Waals surface area contributed by atoms with Crippen molar-refractivity contribution in [1.82, 2.24) is 4.90 Å². The van der Waals surface area contributed by atoms with Crippen molar-refractivity contribution in [3.63, 3.8) is 0 Å². The normalized spacial score (nSPS) is 17.0. The number of ketones is 1. The molecule has 1 heterocycles. The molecule has 35 heavy (non-hydrogen) atoms. The van der Waals surface area contributed by atoms with Crippen molar-refractivity contribution < 1.29 is 29.3 Å². The van der Waals surface area contributed by atoms with Crippen LogP contribution in [0.4, 0.5) is 0 Å². The molecule has 1 aliphatic heterocycles. The van der Waals surface area contributed by atoms with E-state index in [1.54, 1.807) is 36.4 Å². The monoisotopic (exact) mass is 473 g/mol. The predicted octanol–water partition coefficient (Wildman–Crippen LogP) is 4.46. The summed E-state index contributed by atoms with van der Waals surface area (Å²) in [6, 6.07) is 20.2. The number of aromatic hydroxyl groups is 1. The van der Waals surface area contributed by atoms with Crippen LogP contribution in [0.15, 0.2) is 78.4 Å². The zero-order valence-corrected chi connectivity index (χ0v) is 19.6. The van der Waals surface area contributed by atoms with E-state index < -0.39 is 17.7 Å². The maximum absolute atomic E-state index is 13.2. The number of Topliss-reactive ketones (excluding diaryl/α,β-unsaturated/α-hetero) is 1. The van der Waals surface area contributed by atoms with Crippen LogP contribution < -0.4 is 9.47 Å². The number of aliphatic hydroxyl groups is 1. The highest BCUT2D eigenvalue weighted by Crippen LogP contribution is 2.42. The summed E-state index contributed by atoms with van der Waals surface area (Å²) in [6.07, 6.45) is 0.527. The molecule has 1 amide bonds. The number of rotatable bonds is 8. The fraction of sp³-hybridized carbons (Fsp3) is 0.214. The quantitative estimate of drug-likeness (QED) is 0.285. The molecule has 2 N–H and O–H groups in total. The van der Waals surface area contributed by atoms with E-state index in [1.165, 1.54) is 18.1 Å². The van der Waals surface area contributed by atoms with E-state index in [0.717, 1.165) is 5.56 Å². The first-order valence-electron chi connectivity index (χ1n) is 11.4. The lowest BCUT2D eigenvalue weighted by Crippen LogP contribution is -2.31. The first kappa shape index (κ1) is 23.9. The van der Waals surface area contributed by atoms with Gasteiger partial charge in [-0.1, -0.05) is 48.5 Å². The van der Waals surface area contributed by atoms with Crippen molar-refractivity contribution in [3.8, 4) is 17.2 Å². The number of nitrogens with zero attached hydrogens (tertiary/aromatic N) is 1. The molecular weight excluding hydrogens is 446 g/mol. The van der Waals surface area contributed by atoms with Crippen LogP contribution in [-0.2, 0) is 16.0 Å². The van der Waals surface area contributed by atoms with Crippen LogP contribution in [0.1, 0.15) is 29.7 Å². The van der Waals surface area contributed by atoms with Gasteiger partial charge in [0.2, 0.25) is 0 Å². The average molecular weight is 474 g/mol. The van der Waals surface area contributed by atoms with Crippen molar-refractivity contribution >= 4 is 17.4 Å². The van der Waals surface area contributed by atoms with E-state index in [-0.39, 0.29) is 29.4 Å². The van der Waals surface area contributed by atoms with Gasteiger partial charge in [0.15, 0.2) is 11.5 Å². The minimum absolute atomic E-state index is 0.0237. The zero-order chi connectivity index (χ0) is 24.9. The van der Waals surface area contributed by atoms with Crippen LogP contribution in [-0.4, -0.2) is 47.1 Å². The number of carbonyl (C=O) groups is 2. The number of phenolic OH excluding ortho intramolecular Hbond substituents is 1. The Labute approximate surface area is 203 Å². The molecule has 0 bridgehead atoms. The number of carbonyl (C=O) groups excluding carboxylic acids is 2. The van der Waals surface area contributed by atoms with Crippen LogP contribution in [0, 0.1) is 0 Å². The number of likely N-dealkylation sites (tertiary alicyclic amines) is 1. The number of ether oxygens (including phenoxy) is 2. The molecule has 0 aromatic heterocycles. The van der Waals surface area contributed by atoms with E-state index in [2.05, 4.69) is 0 Å². The highest BCUT2D eigenvalue weighted by atomic mass is 16.5. The van der Waals surface area contributed by atoms with Crippen LogP contribution in [0.5, 0.6) is 17.2 Å². The van der Waals surface area contributed by atoms with E-state index in [0.29, 0.717) is 29.9 Å². The van der Waals surface area contributed by atoms with Gasteiger partial charge in [0, 0.05) is 12.1 Å². The van der Waals surface area contributed by atoms with Gasteiger partial charge < -0.3 is 24.6 Å². The van der Waals surface area contributed by atoms with Gasteiger partial charge in [-0.25, -0.2) is 0 Å². The number of hydrogen-bond acceptors (Lipinski definition) is 6. The van der Waals surface area contributed by atoms with Crippen molar-refractivity contribution in [2.45, 2.75) is 19.4 Å². The standard InChI is InChI=1S/C28H27NO6/c1-3-35-21-11-7-10-20(16-21)26(31)24-25(19-12-13-22(30)23(17-19)34-2)29(28(33)27(24)32)15-14-18-8-5-4-6-9-18/h4-13,16-17,25,30-31H,3,14-15H2,1-2H3/b26-24+. The van der Waals surface area contributed by atoms with Gasteiger partial charge in [0.05, 0.1) is 25.3 Å². The summed E-state index contributed by atoms with van der Waals surface area (Å²) in [5.41, 5.74) is 1.90. The Hall–Kier alpha value is -4.26. The van der Waals surface area contributed by atoms with Crippen molar-refractivity contribution in [1.29, 1.82) is 0 Å². The number of phenols is 1. The highest BCUT2D eigenvalue weighted by Gasteiger charge is 2.46. The third-order valence-corrected chi connectivity index (χ3v) is 5.96. The molecule has 1 aliphatic rings. The van der Waals surface area contributed by atoms with Gasteiger partial charge in [0.1, 0.15) is 11.5 Å². The lowest BCUT2D eigenvalue weighted by atomic mass is 9.94. The first-order valence-corrected chi connectivity index (χ1v) is 11.4. The molecule has 180 valence electrons. The molecule has 0 saturated carbocycles. The third kappa shape index (κ3) is 4.84. The second-order valence-electron chi connectivity index (χ2n) is 8.12. The molecule has 3 aromatic carbocycles. The Balaban J connectivity index is 1.82. The predicted molar refractivity (Wildman–Crippen MR) is 131 cm³/mol. The van der Waals surface area contributed by atoms with E-state index in [9.17, 15) is 19.8 Å². The van der Waals surface area contributed by atoms with Gasteiger partial charge in [-0.05, 0) is 48.7 Å². The molecular formula is C28H27NO6. The Kier molecular flexibility index (Phi) is 7.06. The van der Waals surface area contributed by atoms with Crippen LogP contribution in [0.25, 0.3) is 5.76 Å². The minimum Gasteiger partial charge on any atom is -0.507 e. The van der Waals surface area contributed by atoms with Crippen LogP contribution in [0.2, 0.25) is 0 Å². The second-order valence-corrected chi connectivity index (χ2v) is 8.12. The number of hydrogen-bond donors (Lipinski definition) is 2. The fourth-order valence-electron chi connectivity index (χ4n) is 4.27. The lowest BCUT2D eigenvalue weighted by molar-refractivity contribution is -0.139. The summed E-state index contributed by atoms with van der Waals surface area (Å²) in [7, 11) is 1.42. The van der Waals surface area contributed by atoms with Crippen molar-refractivity contribution in [3.05, 3.63) is 95.1 Å². The van der Waals surface area contributed by atoms with Crippen LogP contribution >= 0.6 is 0 Å². The molecule has 0 spiro atoms. The Morgan fingerprint density at radius 2 is 1.77 bits per heavy atom. The van der Waals surface area contributed by atoms with Gasteiger partial charge in [-0.2, -0.15) is 0 Å². The van der Waals surface area contributed by atoms with Gasteiger partial charge in [0.25, 0.3) is 11.7 Å². The molecule has 7 nitrogen and oxygen atoms in total. The smallest absolute Gasteiger partial charge is 0.295 e. The van der Waals surface area contributed by atoms with E-state index >= 15 is 0 Å². The Bertz CT molecular complexity index is 1270. The topological polar surface area (TPSA) is 96.3 Å². The van der Waals surface area contributed by atoms with Gasteiger partial charge in [-0.3, -0.25) is 9.59 Å². The molecule has 4 rings (SSSR count). The summed E-state index contributed by atoms with van der Waals surface area (Å²) >= 11 is 0. The van der Waals surface area contributed by atoms with Crippen molar-refractivity contribution in [2.24, 2.45) is 0 Å². The lowest BCUT2D eigenvalue weighted by Gasteiger charge is -2.26. The molecule has 0 radical (unpaired) electrons. The largest absolute Gasteiger partial charge is 0.507 e. The highest BCUT2D eigenvalue weighted by molar-refractivity contribution is 6.46. The number of benzene rings is 3.